The average Bonchev–Trinajstić information content (AvgIpc) is 3.15. The number of nitrogens with zero attached hydrogens (tertiary/aromatic N) is 1. The van der Waals surface area contributed by atoms with E-state index in [2.05, 4.69) is 32.6 Å². The average molecular weight is 1130 g/mol. The Morgan fingerprint density at radius 3 is 0.927 bits per heavy atom. The Bertz CT molecular complexity index is 595. The van der Waals surface area contributed by atoms with Crippen LogP contribution in [0.3, 0.4) is 0 Å². The SMILES string of the molecule is CCCCCCCCC(O)CCCCCC.CCCCCCCCC(O)CCCCCC.OCCCCCCN(CCCCO)CC(O)CCCCO.[W].[W]. The Morgan fingerprint density at radius 1 is 0.309 bits per heavy atom. The smallest absolute Gasteiger partial charge is 0.0667 e. The first-order chi connectivity index (χ1) is 25.9. The standard InChI is InChI=1S/C16H35NO4.2C15H32O.2W/c18-12-6-2-1-4-10-17(11-5-8-14-20)15-16(21)9-3-7-13-19;2*1-3-5-7-9-10-12-14-15(16)13-11-8-6-4-2;;/h16,18-21H,1-15H2;2*15-16H,3-14H2,1-2H3;;. The van der Waals surface area contributed by atoms with Gasteiger partial charge in [0.1, 0.15) is 0 Å². The van der Waals surface area contributed by atoms with Crippen molar-refractivity contribution < 1.29 is 72.8 Å². The van der Waals surface area contributed by atoms with Crippen molar-refractivity contribution in [2.24, 2.45) is 0 Å². The molecule has 336 valence electrons. The number of unbranched alkanes of at least 4 members (excludes halogenated alkanes) is 21. The molecule has 0 aromatic carbocycles. The van der Waals surface area contributed by atoms with Crippen molar-refractivity contribution in [2.45, 2.75) is 258 Å². The van der Waals surface area contributed by atoms with Gasteiger partial charge in [-0.15, -0.1) is 0 Å². The first-order valence-electron chi connectivity index (χ1n) is 23.4. The van der Waals surface area contributed by atoms with E-state index in [4.69, 9.17) is 15.3 Å². The molecular weight excluding hydrogens is 1030 g/mol. The largest absolute Gasteiger partial charge is 0.396 e. The number of hydrogen-bond donors (Lipinski definition) is 6. The van der Waals surface area contributed by atoms with Crippen molar-refractivity contribution in [1.82, 2.24) is 4.90 Å². The first-order valence-corrected chi connectivity index (χ1v) is 23.4. The fourth-order valence-corrected chi connectivity index (χ4v) is 6.65. The minimum Gasteiger partial charge on any atom is -0.396 e. The fraction of sp³-hybridized carbons (Fsp3) is 1.00. The van der Waals surface area contributed by atoms with E-state index >= 15 is 0 Å². The molecule has 0 spiro atoms. The molecule has 55 heavy (non-hydrogen) atoms. The number of rotatable bonds is 40. The van der Waals surface area contributed by atoms with Gasteiger partial charge in [-0.3, -0.25) is 0 Å². The van der Waals surface area contributed by atoms with Crippen molar-refractivity contribution in [3.05, 3.63) is 0 Å². The molecule has 6 N–H and O–H groups in total. The molecule has 3 atom stereocenters. The molecule has 3 unspecified atom stereocenters. The van der Waals surface area contributed by atoms with E-state index in [9.17, 15) is 15.3 Å². The number of hydrogen-bond acceptors (Lipinski definition) is 7. The summed E-state index contributed by atoms with van der Waals surface area (Å²) in [5.74, 6) is 0. The first kappa shape index (κ1) is 65.2. The molecule has 7 nitrogen and oxygen atoms in total. The predicted octanol–water partition coefficient (Wildman–Crippen LogP) is 11.3. The number of aliphatic hydroxyl groups is 6. The van der Waals surface area contributed by atoms with Gasteiger partial charge in [-0.2, -0.15) is 0 Å². The molecule has 0 fully saturated rings. The molecule has 0 saturated carbocycles. The molecule has 0 heterocycles. The van der Waals surface area contributed by atoms with E-state index < -0.39 is 0 Å². The van der Waals surface area contributed by atoms with Crippen LogP contribution in [0.5, 0.6) is 0 Å². The monoisotopic (exact) mass is 1130 g/mol. The van der Waals surface area contributed by atoms with Gasteiger partial charge in [0, 0.05) is 68.5 Å². The second kappa shape index (κ2) is 59.4. The van der Waals surface area contributed by atoms with Gasteiger partial charge < -0.3 is 35.5 Å². The third-order valence-electron chi connectivity index (χ3n) is 10.2. The molecule has 9 heteroatoms. The van der Waals surface area contributed by atoms with Crippen LogP contribution in [0.15, 0.2) is 0 Å². The normalized spacial score (nSPS) is 12.5. The second-order valence-electron chi connectivity index (χ2n) is 15.9. The third-order valence-corrected chi connectivity index (χ3v) is 10.2. The summed E-state index contributed by atoms with van der Waals surface area (Å²) in [5, 5.41) is 55.9. The molecule has 0 aliphatic rings. The van der Waals surface area contributed by atoms with Gasteiger partial charge >= 0.3 is 0 Å². The van der Waals surface area contributed by atoms with Gasteiger partial charge in [0.15, 0.2) is 0 Å². The van der Waals surface area contributed by atoms with Crippen LogP contribution >= 0.6 is 0 Å². The zero-order valence-electron chi connectivity index (χ0n) is 37.3. The number of aliphatic hydroxyl groups excluding tert-OH is 6. The van der Waals surface area contributed by atoms with Crippen molar-refractivity contribution in [3.8, 4) is 0 Å². The van der Waals surface area contributed by atoms with E-state index in [1.165, 1.54) is 128 Å². The Balaban J connectivity index is -0.000000226. The summed E-state index contributed by atoms with van der Waals surface area (Å²) in [4.78, 5) is 2.28. The van der Waals surface area contributed by atoms with Gasteiger partial charge in [-0.1, -0.05) is 169 Å². The molecule has 0 rings (SSSR count). The van der Waals surface area contributed by atoms with Gasteiger partial charge in [0.05, 0.1) is 18.3 Å². The summed E-state index contributed by atoms with van der Waals surface area (Å²) < 4.78 is 0. The molecule has 0 aliphatic carbocycles. The maximum absolute atomic E-state index is 10.0. The topological polar surface area (TPSA) is 125 Å². The molecule has 0 aromatic rings. The summed E-state index contributed by atoms with van der Waals surface area (Å²) in [5.41, 5.74) is 0. The van der Waals surface area contributed by atoms with E-state index in [-0.39, 0.29) is 80.3 Å². The van der Waals surface area contributed by atoms with E-state index in [1.54, 1.807) is 0 Å². The quantitative estimate of drug-likeness (QED) is 0.0338. The summed E-state index contributed by atoms with van der Waals surface area (Å²) in [7, 11) is 0. The Hall–Kier alpha value is 1.10. The van der Waals surface area contributed by atoms with Crippen LogP contribution in [-0.2, 0) is 42.1 Å². The summed E-state index contributed by atoms with van der Waals surface area (Å²) in [6.45, 7) is 12.2. The summed E-state index contributed by atoms with van der Waals surface area (Å²) >= 11 is 0. The van der Waals surface area contributed by atoms with Crippen LogP contribution in [0.2, 0.25) is 0 Å². The van der Waals surface area contributed by atoms with Crippen molar-refractivity contribution >= 4 is 0 Å². The molecule has 0 bridgehead atoms. The van der Waals surface area contributed by atoms with Crippen LogP contribution in [-0.4, -0.2) is 93.3 Å². The maximum Gasteiger partial charge on any atom is 0.0667 e. The van der Waals surface area contributed by atoms with Gasteiger partial charge in [0.2, 0.25) is 0 Å². The second-order valence-corrected chi connectivity index (χ2v) is 15.9. The summed E-state index contributed by atoms with van der Waals surface area (Å²) in [6, 6.07) is 0. The summed E-state index contributed by atoms with van der Waals surface area (Å²) in [6.07, 6.45) is 38.1. The zero-order valence-corrected chi connectivity index (χ0v) is 43.1. The molecular formula is C46H99NO6W2. The van der Waals surface area contributed by atoms with Crippen LogP contribution in [0, 0.1) is 0 Å². The van der Waals surface area contributed by atoms with Crippen LogP contribution in [0.4, 0.5) is 0 Å². The minimum absolute atomic E-state index is 0. The van der Waals surface area contributed by atoms with Crippen LogP contribution in [0.25, 0.3) is 0 Å². The molecule has 0 saturated heterocycles. The molecule has 0 aromatic heterocycles. The zero-order chi connectivity index (χ0) is 39.9. The third kappa shape index (κ3) is 61.9. The molecule has 0 amide bonds. The van der Waals surface area contributed by atoms with Crippen molar-refractivity contribution in [2.75, 3.05) is 39.5 Å². The van der Waals surface area contributed by atoms with Crippen molar-refractivity contribution in [3.63, 3.8) is 0 Å². The van der Waals surface area contributed by atoms with Gasteiger partial charge in [-0.25, -0.2) is 0 Å². The van der Waals surface area contributed by atoms with E-state index in [0.29, 0.717) is 6.54 Å². The van der Waals surface area contributed by atoms with E-state index in [0.717, 1.165) is 96.6 Å². The Morgan fingerprint density at radius 2 is 0.545 bits per heavy atom. The van der Waals surface area contributed by atoms with Gasteiger partial charge in [-0.05, 0) is 83.7 Å². The Kier molecular flexibility index (Phi) is 70.5. The van der Waals surface area contributed by atoms with Crippen LogP contribution in [0.1, 0.15) is 240 Å². The maximum atomic E-state index is 10.0. The van der Waals surface area contributed by atoms with Gasteiger partial charge in [0.25, 0.3) is 0 Å². The predicted molar refractivity (Wildman–Crippen MR) is 231 cm³/mol. The van der Waals surface area contributed by atoms with Crippen LogP contribution < -0.4 is 0 Å². The fourth-order valence-electron chi connectivity index (χ4n) is 6.65. The minimum atomic E-state index is -0.330. The molecule has 0 radical (unpaired) electrons. The Labute approximate surface area is 372 Å². The molecule has 0 aliphatic heterocycles. The van der Waals surface area contributed by atoms with Crippen molar-refractivity contribution in [1.29, 1.82) is 0 Å². The van der Waals surface area contributed by atoms with E-state index in [1.807, 2.05) is 0 Å².